The molecule has 8 heteroatoms. The number of hydrogen-bond donors (Lipinski definition) is 0. The number of halogens is 1. The van der Waals surface area contributed by atoms with E-state index in [1.807, 2.05) is 6.92 Å². The molecule has 2 aromatic rings. The summed E-state index contributed by atoms with van der Waals surface area (Å²) in [5.74, 6) is -0.303. The van der Waals surface area contributed by atoms with Crippen molar-refractivity contribution < 1.29 is 9.72 Å². The van der Waals surface area contributed by atoms with Gasteiger partial charge in [0, 0.05) is 23.6 Å². The first-order valence-electron chi connectivity index (χ1n) is 5.98. The molecule has 1 aromatic carbocycles. The Morgan fingerprint density at radius 3 is 2.81 bits per heavy atom. The van der Waals surface area contributed by atoms with Crippen LogP contribution in [-0.2, 0) is 6.54 Å². The van der Waals surface area contributed by atoms with E-state index >= 15 is 0 Å². The summed E-state index contributed by atoms with van der Waals surface area (Å²) < 4.78 is 0. The highest BCUT2D eigenvalue weighted by Gasteiger charge is 2.19. The van der Waals surface area contributed by atoms with Crippen LogP contribution in [0.1, 0.15) is 20.9 Å². The minimum Gasteiger partial charge on any atom is -0.336 e. The molecule has 0 aliphatic rings. The van der Waals surface area contributed by atoms with Crippen LogP contribution in [0.5, 0.6) is 0 Å². The highest BCUT2D eigenvalue weighted by atomic mass is 35.5. The van der Waals surface area contributed by atoms with Crippen molar-refractivity contribution in [3.05, 3.63) is 55.0 Å². The molecular formula is C13H12ClN3O3S. The van der Waals surface area contributed by atoms with Gasteiger partial charge in [0.15, 0.2) is 0 Å². The van der Waals surface area contributed by atoms with Crippen LogP contribution in [0.2, 0.25) is 5.02 Å². The van der Waals surface area contributed by atoms with E-state index in [1.54, 1.807) is 12.6 Å². The molecule has 0 atom stereocenters. The molecule has 0 aliphatic carbocycles. The van der Waals surface area contributed by atoms with E-state index < -0.39 is 4.92 Å². The van der Waals surface area contributed by atoms with E-state index in [0.717, 1.165) is 10.6 Å². The van der Waals surface area contributed by atoms with Crippen molar-refractivity contribution in [2.45, 2.75) is 13.5 Å². The second-order valence-electron chi connectivity index (χ2n) is 4.45. The first kappa shape index (κ1) is 15.4. The van der Waals surface area contributed by atoms with Crippen LogP contribution < -0.4 is 0 Å². The maximum Gasteiger partial charge on any atom is 0.288 e. The fourth-order valence-electron chi connectivity index (χ4n) is 1.77. The summed E-state index contributed by atoms with van der Waals surface area (Å²) in [7, 11) is 1.64. The molecular weight excluding hydrogens is 314 g/mol. The molecule has 0 aliphatic heterocycles. The number of rotatable bonds is 4. The molecule has 0 saturated heterocycles. The normalized spacial score (nSPS) is 10.4. The molecule has 0 N–H and O–H groups in total. The predicted molar refractivity (Wildman–Crippen MR) is 80.8 cm³/mol. The van der Waals surface area contributed by atoms with Gasteiger partial charge in [-0.25, -0.2) is 4.98 Å². The highest BCUT2D eigenvalue weighted by molar-refractivity contribution is 7.09. The van der Waals surface area contributed by atoms with Gasteiger partial charge in [-0.15, -0.1) is 11.3 Å². The van der Waals surface area contributed by atoms with Gasteiger partial charge in [0.25, 0.3) is 11.6 Å². The predicted octanol–water partition coefficient (Wildman–Crippen LogP) is 3.29. The Labute approximate surface area is 130 Å². The fraction of sp³-hybridized carbons (Fsp3) is 0.231. The number of aryl methyl sites for hydroxylation is 1. The Kier molecular flexibility index (Phi) is 4.54. The van der Waals surface area contributed by atoms with Crippen molar-refractivity contribution in [2.75, 3.05) is 7.05 Å². The van der Waals surface area contributed by atoms with Gasteiger partial charge >= 0.3 is 0 Å². The third-order valence-corrected chi connectivity index (χ3v) is 4.20. The topological polar surface area (TPSA) is 76.3 Å². The lowest BCUT2D eigenvalue weighted by atomic mass is 10.1. The minimum atomic E-state index is -0.605. The number of nitro benzene ring substituents is 1. The molecule has 0 spiro atoms. The lowest BCUT2D eigenvalue weighted by Crippen LogP contribution is -2.26. The van der Waals surface area contributed by atoms with Crippen LogP contribution in [0.3, 0.4) is 0 Å². The molecule has 0 fully saturated rings. The lowest BCUT2D eigenvalue weighted by Gasteiger charge is -2.16. The molecule has 1 aromatic heterocycles. The van der Waals surface area contributed by atoms with Crippen molar-refractivity contribution in [1.82, 2.24) is 9.88 Å². The zero-order valence-electron chi connectivity index (χ0n) is 11.4. The Morgan fingerprint density at radius 1 is 1.52 bits per heavy atom. The number of nitrogens with zero attached hydrogens (tertiary/aromatic N) is 3. The summed E-state index contributed by atoms with van der Waals surface area (Å²) in [4.78, 5) is 29.2. The second kappa shape index (κ2) is 6.19. The van der Waals surface area contributed by atoms with Crippen LogP contribution in [0.25, 0.3) is 0 Å². The molecule has 0 saturated carbocycles. The number of carbonyl (C=O) groups excluding carboxylic acids is 1. The molecule has 21 heavy (non-hydrogen) atoms. The Hall–Kier alpha value is -1.99. The molecule has 6 nitrogen and oxygen atoms in total. The van der Waals surface area contributed by atoms with Gasteiger partial charge in [-0.05, 0) is 19.1 Å². The molecule has 0 unspecified atom stereocenters. The molecule has 0 radical (unpaired) electrons. The van der Waals surface area contributed by atoms with E-state index in [4.69, 9.17) is 11.6 Å². The van der Waals surface area contributed by atoms with E-state index in [1.165, 1.54) is 34.4 Å². The number of thiazole rings is 1. The minimum absolute atomic E-state index is 0.0116. The summed E-state index contributed by atoms with van der Waals surface area (Å²) in [5.41, 5.74) is 2.55. The van der Waals surface area contributed by atoms with Crippen LogP contribution in [0.4, 0.5) is 5.69 Å². The average Bonchev–Trinajstić information content (AvgIpc) is 2.83. The van der Waals surface area contributed by atoms with Crippen LogP contribution in [-0.4, -0.2) is 27.8 Å². The SMILES string of the molecule is Cc1ncsc1CN(C)C(=O)c1ccc(Cl)c([N+](=O)[O-])c1. The largest absolute Gasteiger partial charge is 0.336 e. The van der Waals surface area contributed by atoms with Crippen molar-refractivity contribution in [2.24, 2.45) is 0 Å². The van der Waals surface area contributed by atoms with Gasteiger partial charge in [0.05, 0.1) is 22.7 Å². The third-order valence-electron chi connectivity index (χ3n) is 2.96. The van der Waals surface area contributed by atoms with Gasteiger partial charge < -0.3 is 4.90 Å². The van der Waals surface area contributed by atoms with Gasteiger partial charge in [0.1, 0.15) is 5.02 Å². The third kappa shape index (κ3) is 3.37. The average molecular weight is 326 g/mol. The molecule has 110 valence electrons. The number of aromatic nitrogens is 1. The Bertz CT molecular complexity index is 702. The van der Waals surface area contributed by atoms with Gasteiger partial charge in [-0.2, -0.15) is 0 Å². The zero-order chi connectivity index (χ0) is 15.6. The Balaban J connectivity index is 2.21. The van der Waals surface area contributed by atoms with Gasteiger partial charge in [-0.3, -0.25) is 14.9 Å². The summed E-state index contributed by atoms with van der Waals surface area (Å²) in [6.07, 6.45) is 0. The van der Waals surface area contributed by atoms with Gasteiger partial charge in [0.2, 0.25) is 0 Å². The quantitative estimate of drug-likeness (QED) is 0.638. The fourth-order valence-corrected chi connectivity index (χ4v) is 2.79. The monoisotopic (exact) mass is 325 g/mol. The first-order chi connectivity index (χ1) is 9.90. The van der Waals surface area contributed by atoms with Crippen LogP contribution in [0, 0.1) is 17.0 Å². The number of amides is 1. The number of nitro groups is 1. The van der Waals surface area contributed by atoms with Gasteiger partial charge in [-0.1, -0.05) is 11.6 Å². The maximum atomic E-state index is 12.3. The summed E-state index contributed by atoms with van der Waals surface area (Å²) in [6.45, 7) is 2.28. The van der Waals surface area contributed by atoms with Crippen molar-refractivity contribution in [3.63, 3.8) is 0 Å². The summed E-state index contributed by atoms with van der Waals surface area (Å²) in [5, 5.41) is 10.9. The van der Waals surface area contributed by atoms with Crippen molar-refractivity contribution in [3.8, 4) is 0 Å². The summed E-state index contributed by atoms with van der Waals surface area (Å²) >= 11 is 7.20. The zero-order valence-corrected chi connectivity index (χ0v) is 12.9. The van der Waals surface area contributed by atoms with Crippen molar-refractivity contribution in [1.29, 1.82) is 0 Å². The van der Waals surface area contributed by atoms with Crippen LogP contribution in [0.15, 0.2) is 23.7 Å². The van der Waals surface area contributed by atoms with Crippen molar-refractivity contribution >= 4 is 34.5 Å². The maximum absolute atomic E-state index is 12.3. The van der Waals surface area contributed by atoms with E-state index in [0.29, 0.717) is 6.54 Å². The molecule has 1 amide bonds. The number of carbonyl (C=O) groups is 1. The Morgan fingerprint density at radius 2 is 2.24 bits per heavy atom. The number of hydrogen-bond acceptors (Lipinski definition) is 5. The number of benzene rings is 1. The van der Waals surface area contributed by atoms with E-state index in [9.17, 15) is 14.9 Å². The second-order valence-corrected chi connectivity index (χ2v) is 5.79. The van der Waals surface area contributed by atoms with E-state index in [2.05, 4.69) is 4.98 Å². The molecule has 1 heterocycles. The molecule has 0 bridgehead atoms. The molecule has 2 rings (SSSR count). The smallest absolute Gasteiger partial charge is 0.288 e. The van der Waals surface area contributed by atoms with E-state index in [-0.39, 0.29) is 22.2 Å². The standard InChI is InChI=1S/C13H12ClN3O3S/c1-8-12(21-7-15-8)6-16(2)13(18)9-3-4-10(14)11(5-9)17(19)20/h3-5,7H,6H2,1-2H3. The summed E-state index contributed by atoms with van der Waals surface area (Å²) in [6, 6.07) is 4.03. The highest BCUT2D eigenvalue weighted by Crippen LogP contribution is 2.26. The first-order valence-corrected chi connectivity index (χ1v) is 7.24. The van der Waals surface area contributed by atoms with Crippen LogP contribution >= 0.6 is 22.9 Å². The lowest BCUT2D eigenvalue weighted by molar-refractivity contribution is -0.384.